The van der Waals surface area contributed by atoms with Crippen LogP contribution in [0.25, 0.3) is 11.4 Å². The zero-order valence-corrected chi connectivity index (χ0v) is 13.3. The Balaban J connectivity index is 1.67. The molecule has 26 heavy (non-hydrogen) atoms. The van der Waals surface area contributed by atoms with Crippen LogP contribution in [-0.4, -0.2) is 47.4 Å². The highest BCUT2D eigenvalue weighted by Crippen LogP contribution is 2.29. The fourth-order valence-corrected chi connectivity index (χ4v) is 2.35. The lowest BCUT2D eigenvalue weighted by molar-refractivity contribution is -0.159. The van der Waals surface area contributed by atoms with Crippen LogP contribution in [-0.2, 0) is 22.1 Å². The van der Waals surface area contributed by atoms with Crippen LogP contribution in [0.4, 0.5) is 17.6 Å². The number of aromatic nitrogens is 2. The summed E-state index contributed by atoms with van der Waals surface area (Å²) >= 11 is 0. The van der Waals surface area contributed by atoms with Gasteiger partial charge in [0.2, 0.25) is 11.7 Å². The monoisotopic (exact) mass is 374 g/mol. The van der Waals surface area contributed by atoms with Crippen LogP contribution in [0.15, 0.2) is 22.7 Å². The summed E-state index contributed by atoms with van der Waals surface area (Å²) in [7, 11) is 0. The molecule has 140 valence electrons. The first kappa shape index (κ1) is 18.3. The Labute approximate surface area is 144 Å². The van der Waals surface area contributed by atoms with Crippen LogP contribution >= 0.6 is 0 Å². The molecule has 0 atom stereocenters. The summed E-state index contributed by atoms with van der Waals surface area (Å²) < 4.78 is 60.9. The Morgan fingerprint density at radius 3 is 2.62 bits per heavy atom. The summed E-state index contributed by atoms with van der Waals surface area (Å²) in [6.45, 7) is 2.06. The number of carbonyl (C=O) groups is 1. The predicted octanol–water partition coefficient (Wildman–Crippen LogP) is 1.80. The molecule has 1 amide bonds. The standard InChI is InChI=1S/C15H14F4N4O3/c16-11-7-10(13-20-14(26-22-13)15(17,18)19)2-1-9(11)8-12(24)21-23-3-5-25-6-4-23/h1-2,7H,3-6,8H2,(H,21,24). The van der Waals surface area contributed by atoms with E-state index in [0.29, 0.717) is 26.3 Å². The number of amides is 1. The van der Waals surface area contributed by atoms with Crippen LogP contribution in [0.5, 0.6) is 0 Å². The summed E-state index contributed by atoms with van der Waals surface area (Å²) in [5, 5.41) is 4.87. The largest absolute Gasteiger partial charge is 0.471 e. The number of morpholine rings is 1. The van der Waals surface area contributed by atoms with E-state index in [-0.39, 0.29) is 23.4 Å². The summed E-state index contributed by atoms with van der Waals surface area (Å²) in [4.78, 5) is 15.2. The third-order valence-electron chi connectivity index (χ3n) is 3.62. The van der Waals surface area contributed by atoms with E-state index in [1.807, 2.05) is 0 Å². The van der Waals surface area contributed by atoms with Gasteiger partial charge in [0.1, 0.15) is 5.82 Å². The van der Waals surface area contributed by atoms with Gasteiger partial charge in [-0.25, -0.2) is 9.40 Å². The molecule has 11 heteroatoms. The normalized spacial score (nSPS) is 15.8. The maximum absolute atomic E-state index is 14.2. The lowest BCUT2D eigenvalue weighted by atomic mass is 10.1. The van der Waals surface area contributed by atoms with E-state index in [1.54, 1.807) is 5.01 Å². The van der Waals surface area contributed by atoms with Gasteiger partial charge in [0.15, 0.2) is 0 Å². The lowest BCUT2D eigenvalue weighted by Crippen LogP contribution is -2.48. The molecule has 1 aromatic carbocycles. The second-order valence-corrected chi connectivity index (χ2v) is 5.54. The maximum atomic E-state index is 14.2. The van der Waals surface area contributed by atoms with Gasteiger partial charge in [0.05, 0.1) is 19.6 Å². The van der Waals surface area contributed by atoms with E-state index < -0.39 is 23.8 Å². The molecule has 3 rings (SSSR count). The van der Waals surface area contributed by atoms with Gasteiger partial charge in [0, 0.05) is 18.7 Å². The van der Waals surface area contributed by atoms with Crippen LogP contribution in [0.1, 0.15) is 11.5 Å². The molecule has 1 N–H and O–H groups in total. The van der Waals surface area contributed by atoms with E-state index in [1.165, 1.54) is 12.1 Å². The number of hydrazine groups is 1. The molecule has 0 unspecified atom stereocenters. The molecular formula is C15H14F4N4O3. The van der Waals surface area contributed by atoms with E-state index in [2.05, 4.69) is 20.1 Å². The van der Waals surface area contributed by atoms with Crippen LogP contribution < -0.4 is 5.43 Å². The van der Waals surface area contributed by atoms with Gasteiger partial charge in [-0.1, -0.05) is 17.3 Å². The van der Waals surface area contributed by atoms with E-state index in [9.17, 15) is 22.4 Å². The smallest absolute Gasteiger partial charge is 0.379 e. The molecule has 7 nitrogen and oxygen atoms in total. The Hall–Kier alpha value is -2.53. The van der Waals surface area contributed by atoms with Crippen molar-refractivity contribution in [2.75, 3.05) is 26.3 Å². The number of carbonyl (C=O) groups excluding carboxylic acids is 1. The molecular weight excluding hydrogens is 360 g/mol. The molecule has 2 aromatic rings. The highest BCUT2D eigenvalue weighted by Gasteiger charge is 2.38. The van der Waals surface area contributed by atoms with Gasteiger partial charge in [0.25, 0.3) is 0 Å². The number of rotatable bonds is 4. The summed E-state index contributed by atoms with van der Waals surface area (Å²) in [5.74, 6) is -3.06. The average Bonchev–Trinajstić information content (AvgIpc) is 3.08. The molecule has 0 radical (unpaired) electrons. The van der Waals surface area contributed by atoms with Gasteiger partial charge >= 0.3 is 12.1 Å². The van der Waals surface area contributed by atoms with Crippen molar-refractivity contribution in [3.63, 3.8) is 0 Å². The minimum Gasteiger partial charge on any atom is -0.379 e. The number of alkyl halides is 3. The number of nitrogens with zero attached hydrogens (tertiary/aromatic N) is 3. The Bertz CT molecular complexity index is 787. The zero-order valence-electron chi connectivity index (χ0n) is 13.3. The van der Waals surface area contributed by atoms with Crippen LogP contribution in [0.2, 0.25) is 0 Å². The van der Waals surface area contributed by atoms with Gasteiger partial charge in [-0.05, 0) is 11.6 Å². The molecule has 1 aliphatic rings. The first-order valence-corrected chi connectivity index (χ1v) is 7.65. The second kappa shape index (κ2) is 7.38. The van der Waals surface area contributed by atoms with Crippen molar-refractivity contribution in [3.05, 3.63) is 35.5 Å². The SMILES string of the molecule is O=C(Cc1ccc(-c2noc(C(F)(F)F)n2)cc1F)NN1CCOCC1. The molecule has 0 spiro atoms. The molecule has 1 fully saturated rings. The van der Waals surface area contributed by atoms with Gasteiger partial charge in [-0.3, -0.25) is 10.2 Å². The van der Waals surface area contributed by atoms with Crippen molar-refractivity contribution in [2.24, 2.45) is 0 Å². The number of benzene rings is 1. The Kier molecular flexibility index (Phi) is 5.18. The van der Waals surface area contributed by atoms with E-state index in [0.717, 1.165) is 6.07 Å². The first-order chi connectivity index (χ1) is 12.3. The highest BCUT2D eigenvalue weighted by atomic mass is 19.4. The summed E-state index contributed by atoms with van der Waals surface area (Å²) in [5.41, 5.74) is 2.75. The summed E-state index contributed by atoms with van der Waals surface area (Å²) in [6.07, 6.45) is -5.00. The lowest BCUT2D eigenvalue weighted by Gasteiger charge is -2.26. The molecule has 0 saturated carbocycles. The van der Waals surface area contributed by atoms with Crippen molar-refractivity contribution in [3.8, 4) is 11.4 Å². The summed E-state index contributed by atoms with van der Waals surface area (Å²) in [6, 6.07) is 3.58. The Morgan fingerprint density at radius 1 is 1.27 bits per heavy atom. The molecule has 0 bridgehead atoms. The van der Waals surface area contributed by atoms with Crippen molar-refractivity contribution < 1.29 is 31.6 Å². The van der Waals surface area contributed by atoms with Crippen LogP contribution in [0, 0.1) is 5.82 Å². The average molecular weight is 374 g/mol. The minimum absolute atomic E-state index is 0.0130. The quantitative estimate of drug-likeness (QED) is 0.822. The third kappa shape index (κ3) is 4.35. The Morgan fingerprint density at radius 2 is 2.00 bits per heavy atom. The fraction of sp³-hybridized carbons (Fsp3) is 0.400. The fourth-order valence-electron chi connectivity index (χ4n) is 2.35. The van der Waals surface area contributed by atoms with Crippen LogP contribution in [0.3, 0.4) is 0 Å². The molecule has 2 heterocycles. The highest BCUT2D eigenvalue weighted by molar-refractivity contribution is 5.78. The van der Waals surface area contributed by atoms with Crippen molar-refractivity contribution in [1.29, 1.82) is 0 Å². The molecule has 1 aliphatic heterocycles. The molecule has 0 aliphatic carbocycles. The van der Waals surface area contributed by atoms with Crippen molar-refractivity contribution in [1.82, 2.24) is 20.6 Å². The molecule has 1 saturated heterocycles. The zero-order chi connectivity index (χ0) is 18.7. The minimum atomic E-state index is -4.78. The van der Waals surface area contributed by atoms with Gasteiger partial charge in [-0.15, -0.1) is 0 Å². The number of nitrogens with one attached hydrogen (secondary N) is 1. The van der Waals surface area contributed by atoms with Gasteiger partial charge < -0.3 is 9.26 Å². The van der Waals surface area contributed by atoms with Gasteiger partial charge in [-0.2, -0.15) is 18.2 Å². The maximum Gasteiger partial charge on any atom is 0.471 e. The molecule has 1 aromatic heterocycles. The van der Waals surface area contributed by atoms with Crippen molar-refractivity contribution in [2.45, 2.75) is 12.6 Å². The first-order valence-electron chi connectivity index (χ1n) is 7.65. The number of halogens is 4. The van der Waals surface area contributed by atoms with E-state index >= 15 is 0 Å². The predicted molar refractivity (Wildman–Crippen MR) is 78.9 cm³/mol. The number of ether oxygens (including phenoxy) is 1. The van der Waals surface area contributed by atoms with E-state index in [4.69, 9.17) is 4.74 Å². The topological polar surface area (TPSA) is 80.5 Å². The number of hydrogen-bond donors (Lipinski definition) is 1. The second-order valence-electron chi connectivity index (χ2n) is 5.54. The van der Waals surface area contributed by atoms with Crippen molar-refractivity contribution >= 4 is 5.91 Å². The number of hydrogen-bond acceptors (Lipinski definition) is 6. The third-order valence-corrected chi connectivity index (χ3v) is 3.62.